The summed E-state index contributed by atoms with van der Waals surface area (Å²) >= 11 is 1.57. The maximum Gasteiger partial charge on any atom is 0.265 e. The van der Waals surface area contributed by atoms with Crippen molar-refractivity contribution in [3.63, 3.8) is 0 Å². The van der Waals surface area contributed by atoms with Crippen LogP contribution in [0.4, 0.5) is 5.69 Å². The maximum atomic E-state index is 12.3. The second kappa shape index (κ2) is 5.77. The first-order valence-corrected chi connectivity index (χ1v) is 7.81. The zero-order chi connectivity index (χ0) is 13.9. The van der Waals surface area contributed by atoms with Gasteiger partial charge in [0.1, 0.15) is 0 Å². The number of benzene rings is 1. The molecule has 20 heavy (non-hydrogen) atoms. The first kappa shape index (κ1) is 13.3. The number of fused-ring (bicyclic) bond motifs is 1. The van der Waals surface area contributed by atoms with Crippen molar-refractivity contribution in [3.05, 3.63) is 51.2 Å². The van der Waals surface area contributed by atoms with Crippen LogP contribution in [0.5, 0.6) is 0 Å². The largest absolute Gasteiger partial charge is 0.321 e. The molecule has 1 aliphatic rings. The minimum absolute atomic E-state index is 0.00586. The number of hydrogen-bond donors (Lipinski definition) is 2. The van der Waals surface area contributed by atoms with E-state index in [9.17, 15) is 4.79 Å². The van der Waals surface area contributed by atoms with Crippen molar-refractivity contribution >= 4 is 22.9 Å². The SMILES string of the molecule is CCc1ccc(C(=O)Nc2cccc3c2CNCC3)s1. The van der Waals surface area contributed by atoms with Gasteiger partial charge < -0.3 is 10.6 Å². The molecule has 0 fully saturated rings. The average Bonchev–Trinajstić information content (AvgIpc) is 2.97. The standard InChI is InChI=1S/C16H18N2OS/c1-2-12-6-7-15(20-12)16(19)18-14-5-3-4-11-8-9-17-10-13(11)14/h3-7,17H,2,8-10H2,1H3,(H,18,19). The van der Waals surface area contributed by atoms with E-state index >= 15 is 0 Å². The van der Waals surface area contributed by atoms with Crippen molar-refractivity contribution < 1.29 is 4.79 Å². The molecule has 0 aliphatic carbocycles. The minimum atomic E-state index is -0.00586. The predicted molar refractivity (Wildman–Crippen MR) is 83.5 cm³/mol. The van der Waals surface area contributed by atoms with Crippen LogP contribution in [0.1, 0.15) is 32.6 Å². The molecule has 1 aromatic heterocycles. The van der Waals surface area contributed by atoms with Gasteiger partial charge in [-0.1, -0.05) is 19.1 Å². The highest BCUT2D eigenvalue weighted by atomic mass is 32.1. The van der Waals surface area contributed by atoms with Crippen LogP contribution in [-0.4, -0.2) is 12.5 Å². The molecular formula is C16H18N2OS. The van der Waals surface area contributed by atoms with Gasteiger partial charge in [0.05, 0.1) is 4.88 Å². The molecule has 2 aromatic rings. The van der Waals surface area contributed by atoms with Crippen molar-refractivity contribution in [2.45, 2.75) is 26.3 Å². The highest BCUT2D eigenvalue weighted by molar-refractivity contribution is 7.14. The van der Waals surface area contributed by atoms with E-state index in [4.69, 9.17) is 0 Å². The zero-order valence-corrected chi connectivity index (χ0v) is 12.3. The van der Waals surface area contributed by atoms with Crippen molar-refractivity contribution in [1.82, 2.24) is 5.32 Å². The van der Waals surface area contributed by atoms with Gasteiger partial charge in [-0.25, -0.2) is 0 Å². The first-order valence-electron chi connectivity index (χ1n) is 6.99. The van der Waals surface area contributed by atoms with Gasteiger partial charge in [0.15, 0.2) is 0 Å². The van der Waals surface area contributed by atoms with E-state index in [1.165, 1.54) is 16.0 Å². The van der Waals surface area contributed by atoms with Crippen LogP contribution < -0.4 is 10.6 Å². The Morgan fingerprint density at radius 1 is 1.35 bits per heavy atom. The number of hydrogen-bond acceptors (Lipinski definition) is 3. The average molecular weight is 286 g/mol. The Morgan fingerprint density at radius 2 is 2.25 bits per heavy atom. The quantitative estimate of drug-likeness (QED) is 0.909. The number of nitrogens with one attached hydrogen (secondary N) is 2. The van der Waals surface area contributed by atoms with E-state index in [1.54, 1.807) is 11.3 Å². The Labute approximate surface area is 123 Å². The number of amides is 1. The van der Waals surface area contributed by atoms with Gasteiger partial charge in [-0.3, -0.25) is 4.79 Å². The lowest BCUT2D eigenvalue weighted by Gasteiger charge is -2.20. The van der Waals surface area contributed by atoms with Crippen LogP contribution in [0.3, 0.4) is 0 Å². The molecular weight excluding hydrogens is 268 g/mol. The third-order valence-electron chi connectivity index (χ3n) is 3.63. The highest BCUT2D eigenvalue weighted by Gasteiger charge is 2.15. The maximum absolute atomic E-state index is 12.3. The Morgan fingerprint density at radius 3 is 3.05 bits per heavy atom. The van der Waals surface area contributed by atoms with Crippen LogP contribution in [-0.2, 0) is 19.4 Å². The van der Waals surface area contributed by atoms with Gasteiger partial charge in [0, 0.05) is 17.1 Å². The summed E-state index contributed by atoms with van der Waals surface area (Å²) in [5, 5.41) is 6.41. The summed E-state index contributed by atoms with van der Waals surface area (Å²) < 4.78 is 0. The fraction of sp³-hybridized carbons (Fsp3) is 0.312. The summed E-state index contributed by atoms with van der Waals surface area (Å²) in [6, 6.07) is 10.1. The van der Waals surface area contributed by atoms with E-state index in [0.29, 0.717) is 0 Å². The third-order valence-corrected chi connectivity index (χ3v) is 4.86. The number of aryl methyl sites for hydroxylation is 1. The second-order valence-electron chi connectivity index (χ2n) is 4.94. The Bertz CT molecular complexity index is 633. The lowest BCUT2D eigenvalue weighted by atomic mass is 9.99. The van der Waals surface area contributed by atoms with E-state index in [1.807, 2.05) is 24.3 Å². The summed E-state index contributed by atoms with van der Waals surface area (Å²) in [6.07, 6.45) is 2.00. The molecule has 0 spiro atoms. The lowest BCUT2D eigenvalue weighted by Crippen LogP contribution is -2.25. The van der Waals surface area contributed by atoms with Crippen molar-refractivity contribution in [2.75, 3.05) is 11.9 Å². The normalized spacial score (nSPS) is 13.8. The number of thiophene rings is 1. The summed E-state index contributed by atoms with van der Waals surface area (Å²) in [7, 11) is 0. The Hall–Kier alpha value is -1.65. The van der Waals surface area contributed by atoms with Crippen LogP contribution in [0, 0.1) is 0 Å². The van der Waals surface area contributed by atoms with Crippen molar-refractivity contribution in [3.8, 4) is 0 Å². The molecule has 1 aliphatic heterocycles. The van der Waals surface area contributed by atoms with Gasteiger partial charge in [0.2, 0.25) is 0 Å². The Balaban J connectivity index is 1.82. The topological polar surface area (TPSA) is 41.1 Å². The summed E-state index contributed by atoms with van der Waals surface area (Å²) in [4.78, 5) is 14.3. The molecule has 0 radical (unpaired) electrons. The zero-order valence-electron chi connectivity index (χ0n) is 11.5. The molecule has 3 rings (SSSR count). The van der Waals surface area contributed by atoms with Gasteiger partial charge in [-0.2, -0.15) is 0 Å². The smallest absolute Gasteiger partial charge is 0.265 e. The van der Waals surface area contributed by atoms with Crippen molar-refractivity contribution in [1.29, 1.82) is 0 Å². The van der Waals surface area contributed by atoms with Gasteiger partial charge >= 0.3 is 0 Å². The molecule has 3 nitrogen and oxygen atoms in total. The van der Waals surface area contributed by atoms with Gasteiger partial charge in [-0.15, -0.1) is 11.3 Å². The van der Waals surface area contributed by atoms with Gasteiger partial charge in [0.25, 0.3) is 5.91 Å². The van der Waals surface area contributed by atoms with E-state index in [-0.39, 0.29) is 5.91 Å². The molecule has 1 aromatic carbocycles. The van der Waals surface area contributed by atoms with Crippen LogP contribution in [0.2, 0.25) is 0 Å². The molecule has 0 bridgehead atoms. The monoisotopic (exact) mass is 286 g/mol. The van der Waals surface area contributed by atoms with E-state index in [0.717, 1.165) is 36.5 Å². The summed E-state index contributed by atoms with van der Waals surface area (Å²) in [5.41, 5.74) is 3.49. The minimum Gasteiger partial charge on any atom is -0.321 e. The molecule has 2 N–H and O–H groups in total. The van der Waals surface area contributed by atoms with Crippen LogP contribution >= 0.6 is 11.3 Å². The number of carbonyl (C=O) groups excluding carboxylic acids is 1. The fourth-order valence-electron chi connectivity index (χ4n) is 2.51. The third kappa shape index (κ3) is 2.62. The number of rotatable bonds is 3. The molecule has 4 heteroatoms. The summed E-state index contributed by atoms with van der Waals surface area (Å²) in [5.74, 6) is -0.00586. The highest BCUT2D eigenvalue weighted by Crippen LogP contribution is 2.24. The number of carbonyl (C=O) groups is 1. The lowest BCUT2D eigenvalue weighted by molar-refractivity contribution is 0.103. The van der Waals surface area contributed by atoms with Crippen LogP contribution in [0.25, 0.3) is 0 Å². The second-order valence-corrected chi connectivity index (χ2v) is 6.11. The molecule has 1 amide bonds. The molecule has 2 heterocycles. The molecule has 0 saturated heterocycles. The fourth-order valence-corrected chi connectivity index (χ4v) is 3.35. The molecule has 0 saturated carbocycles. The summed E-state index contributed by atoms with van der Waals surface area (Å²) in [6.45, 7) is 3.94. The number of anilines is 1. The van der Waals surface area contributed by atoms with E-state index < -0.39 is 0 Å². The predicted octanol–water partition coefficient (Wildman–Crippen LogP) is 3.21. The first-order chi connectivity index (χ1) is 9.78. The van der Waals surface area contributed by atoms with E-state index in [2.05, 4.69) is 23.6 Å². The molecule has 0 unspecified atom stereocenters. The van der Waals surface area contributed by atoms with Crippen molar-refractivity contribution in [2.24, 2.45) is 0 Å². The molecule has 104 valence electrons. The molecule has 0 atom stereocenters. The van der Waals surface area contributed by atoms with Crippen LogP contribution in [0.15, 0.2) is 30.3 Å². The Kier molecular flexibility index (Phi) is 3.85. The van der Waals surface area contributed by atoms with Gasteiger partial charge in [-0.05, 0) is 48.7 Å².